The van der Waals surface area contributed by atoms with Crippen LogP contribution in [0.25, 0.3) is 0 Å². The second kappa shape index (κ2) is 7.88. The smallest absolute Gasteiger partial charge is 0.253 e. The van der Waals surface area contributed by atoms with Crippen molar-refractivity contribution in [3.8, 4) is 0 Å². The first-order chi connectivity index (χ1) is 11.8. The highest BCUT2D eigenvalue weighted by molar-refractivity contribution is 5.94. The van der Waals surface area contributed by atoms with E-state index in [4.69, 9.17) is 4.74 Å². The summed E-state index contributed by atoms with van der Waals surface area (Å²) in [5, 5.41) is 2.96. The van der Waals surface area contributed by atoms with E-state index in [1.54, 1.807) is 12.4 Å². The summed E-state index contributed by atoms with van der Waals surface area (Å²) in [6.07, 6.45) is 4.25. The molecular formula is C18H22N4O2. The number of hydrogen-bond donors (Lipinski definition) is 1. The lowest BCUT2D eigenvalue weighted by molar-refractivity contribution is 0.0737. The Bertz CT molecular complexity index is 660. The zero-order valence-electron chi connectivity index (χ0n) is 13.8. The fourth-order valence-corrected chi connectivity index (χ4v) is 2.84. The Morgan fingerprint density at radius 1 is 1.29 bits per heavy atom. The third kappa shape index (κ3) is 4.08. The van der Waals surface area contributed by atoms with Gasteiger partial charge < -0.3 is 15.0 Å². The SMILES string of the molecule is CNc1cnc(C[C@@H]2COCCN(C(=O)c3ccccc3)C2)cn1. The van der Waals surface area contributed by atoms with Crippen LogP contribution >= 0.6 is 0 Å². The first-order valence-corrected chi connectivity index (χ1v) is 8.17. The number of ether oxygens (including phenoxy) is 1. The second-order valence-corrected chi connectivity index (χ2v) is 5.91. The van der Waals surface area contributed by atoms with Crippen LogP contribution < -0.4 is 5.32 Å². The molecule has 3 rings (SSSR count). The molecule has 1 aliphatic heterocycles. The average molecular weight is 326 g/mol. The first kappa shape index (κ1) is 16.4. The molecule has 1 N–H and O–H groups in total. The highest BCUT2D eigenvalue weighted by atomic mass is 16.5. The van der Waals surface area contributed by atoms with Gasteiger partial charge in [0.1, 0.15) is 5.82 Å². The maximum Gasteiger partial charge on any atom is 0.253 e. The van der Waals surface area contributed by atoms with Crippen molar-refractivity contribution in [1.82, 2.24) is 14.9 Å². The fraction of sp³-hybridized carbons (Fsp3) is 0.389. The van der Waals surface area contributed by atoms with Crippen molar-refractivity contribution in [2.24, 2.45) is 5.92 Å². The molecule has 126 valence electrons. The standard InChI is InChI=1S/C18H22N4O2/c1-19-17-11-20-16(10-21-17)9-14-12-22(7-8-24-13-14)18(23)15-5-3-2-4-6-15/h2-6,10-11,14H,7-9,12-13H2,1H3,(H,19,21)/t14-/m0/s1. The van der Waals surface area contributed by atoms with Gasteiger partial charge in [-0.05, 0) is 18.6 Å². The van der Waals surface area contributed by atoms with Crippen LogP contribution in [0.5, 0.6) is 0 Å². The van der Waals surface area contributed by atoms with Crippen LogP contribution in [0, 0.1) is 5.92 Å². The Morgan fingerprint density at radius 3 is 2.83 bits per heavy atom. The highest BCUT2D eigenvalue weighted by Gasteiger charge is 2.24. The van der Waals surface area contributed by atoms with Crippen LogP contribution in [0.2, 0.25) is 0 Å². The highest BCUT2D eigenvalue weighted by Crippen LogP contribution is 2.15. The van der Waals surface area contributed by atoms with E-state index < -0.39 is 0 Å². The molecule has 1 fully saturated rings. The number of anilines is 1. The summed E-state index contributed by atoms with van der Waals surface area (Å²) in [5.74, 6) is 1.02. The molecule has 1 amide bonds. The van der Waals surface area contributed by atoms with Gasteiger partial charge in [0.25, 0.3) is 5.91 Å². The zero-order valence-corrected chi connectivity index (χ0v) is 13.8. The van der Waals surface area contributed by atoms with Gasteiger partial charge in [-0.1, -0.05) is 18.2 Å². The summed E-state index contributed by atoms with van der Waals surface area (Å²) in [4.78, 5) is 23.3. The summed E-state index contributed by atoms with van der Waals surface area (Å²) < 4.78 is 5.69. The normalized spacial score (nSPS) is 18.0. The molecule has 0 radical (unpaired) electrons. The van der Waals surface area contributed by atoms with E-state index in [2.05, 4.69) is 15.3 Å². The largest absolute Gasteiger partial charge is 0.379 e. The van der Waals surface area contributed by atoms with Gasteiger partial charge >= 0.3 is 0 Å². The number of nitrogens with one attached hydrogen (secondary N) is 1. The minimum absolute atomic E-state index is 0.0581. The summed E-state index contributed by atoms with van der Waals surface area (Å²) in [6.45, 7) is 2.49. The van der Waals surface area contributed by atoms with E-state index >= 15 is 0 Å². The maximum absolute atomic E-state index is 12.7. The van der Waals surface area contributed by atoms with Crippen molar-refractivity contribution < 1.29 is 9.53 Å². The fourth-order valence-electron chi connectivity index (χ4n) is 2.84. The van der Waals surface area contributed by atoms with Gasteiger partial charge in [0.15, 0.2) is 0 Å². The zero-order chi connectivity index (χ0) is 16.8. The molecule has 0 spiro atoms. The average Bonchev–Trinajstić information content (AvgIpc) is 2.88. The van der Waals surface area contributed by atoms with E-state index in [0.717, 1.165) is 23.5 Å². The Hall–Kier alpha value is -2.47. The van der Waals surface area contributed by atoms with Crippen molar-refractivity contribution in [2.75, 3.05) is 38.7 Å². The molecule has 6 heteroatoms. The Kier molecular flexibility index (Phi) is 5.38. The quantitative estimate of drug-likeness (QED) is 0.929. The Labute approximate surface area is 141 Å². The molecule has 1 atom stereocenters. The summed E-state index contributed by atoms with van der Waals surface area (Å²) in [6, 6.07) is 9.39. The lowest BCUT2D eigenvalue weighted by atomic mass is 10.0. The van der Waals surface area contributed by atoms with E-state index in [0.29, 0.717) is 26.3 Å². The van der Waals surface area contributed by atoms with Crippen LogP contribution in [0.15, 0.2) is 42.7 Å². The molecule has 1 aromatic carbocycles. The molecule has 1 aromatic heterocycles. The van der Waals surface area contributed by atoms with Gasteiger partial charge in [-0.15, -0.1) is 0 Å². The van der Waals surface area contributed by atoms with Crippen LogP contribution in [0.1, 0.15) is 16.1 Å². The number of hydrogen-bond acceptors (Lipinski definition) is 5. The van der Waals surface area contributed by atoms with Gasteiger partial charge in [0.2, 0.25) is 0 Å². The molecule has 0 aliphatic carbocycles. The number of aromatic nitrogens is 2. The van der Waals surface area contributed by atoms with Crippen LogP contribution in [-0.2, 0) is 11.2 Å². The molecule has 2 aromatic rings. The summed E-state index contributed by atoms with van der Waals surface area (Å²) >= 11 is 0. The molecule has 2 heterocycles. The Balaban J connectivity index is 1.66. The molecule has 0 saturated carbocycles. The number of carbonyl (C=O) groups is 1. The van der Waals surface area contributed by atoms with E-state index in [-0.39, 0.29) is 11.8 Å². The molecule has 6 nitrogen and oxygen atoms in total. The van der Waals surface area contributed by atoms with Crippen molar-refractivity contribution >= 4 is 11.7 Å². The van der Waals surface area contributed by atoms with Crippen molar-refractivity contribution in [2.45, 2.75) is 6.42 Å². The lowest BCUT2D eigenvalue weighted by Crippen LogP contribution is -2.36. The van der Waals surface area contributed by atoms with E-state index in [1.807, 2.05) is 42.3 Å². The molecular weight excluding hydrogens is 304 g/mol. The van der Waals surface area contributed by atoms with Gasteiger partial charge in [-0.3, -0.25) is 9.78 Å². The molecule has 1 saturated heterocycles. The van der Waals surface area contributed by atoms with E-state index in [9.17, 15) is 4.79 Å². The van der Waals surface area contributed by atoms with Crippen LogP contribution in [0.4, 0.5) is 5.82 Å². The van der Waals surface area contributed by atoms with E-state index in [1.165, 1.54) is 0 Å². The van der Waals surface area contributed by atoms with Crippen molar-refractivity contribution in [3.05, 3.63) is 54.0 Å². The van der Waals surface area contributed by atoms with Crippen LogP contribution in [-0.4, -0.2) is 54.1 Å². The van der Waals surface area contributed by atoms with Gasteiger partial charge in [0.05, 0.1) is 31.3 Å². The first-order valence-electron chi connectivity index (χ1n) is 8.17. The maximum atomic E-state index is 12.7. The minimum atomic E-state index is 0.0581. The number of carbonyl (C=O) groups excluding carboxylic acids is 1. The van der Waals surface area contributed by atoms with Crippen molar-refractivity contribution in [1.29, 1.82) is 0 Å². The minimum Gasteiger partial charge on any atom is -0.379 e. The lowest BCUT2D eigenvalue weighted by Gasteiger charge is -2.23. The molecule has 0 bridgehead atoms. The topological polar surface area (TPSA) is 67.4 Å². The van der Waals surface area contributed by atoms with Crippen LogP contribution in [0.3, 0.4) is 0 Å². The Morgan fingerprint density at radius 2 is 2.12 bits per heavy atom. The van der Waals surface area contributed by atoms with Gasteiger partial charge in [0, 0.05) is 31.6 Å². The van der Waals surface area contributed by atoms with Crippen molar-refractivity contribution in [3.63, 3.8) is 0 Å². The molecule has 1 aliphatic rings. The third-order valence-electron chi connectivity index (χ3n) is 4.10. The number of benzene rings is 1. The van der Waals surface area contributed by atoms with Gasteiger partial charge in [-0.25, -0.2) is 4.98 Å². The predicted octanol–water partition coefficient (Wildman–Crippen LogP) is 1.85. The summed E-state index contributed by atoms with van der Waals surface area (Å²) in [7, 11) is 1.82. The monoisotopic (exact) mass is 326 g/mol. The number of amides is 1. The number of rotatable bonds is 4. The molecule has 0 unspecified atom stereocenters. The van der Waals surface area contributed by atoms with Gasteiger partial charge in [-0.2, -0.15) is 0 Å². The predicted molar refractivity (Wildman–Crippen MR) is 91.9 cm³/mol. The third-order valence-corrected chi connectivity index (χ3v) is 4.10. The second-order valence-electron chi connectivity index (χ2n) is 5.91. The summed E-state index contributed by atoms with van der Waals surface area (Å²) in [5.41, 5.74) is 1.63. The number of nitrogens with zero attached hydrogens (tertiary/aromatic N) is 3. The molecule has 24 heavy (non-hydrogen) atoms.